The van der Waals surface area contributed by atoms with Crippen molar-refractivity contribution in [1.29, 1.82) is 0 Å². The van der Waals surface area contributed by atoms with E-state index in [1.807, 2.05) is 18.2 Å². The second-order valence-electron chi connectivity index (χ2n) is 5.81. The van der Waals surface area contributed by atoms with E-state index in [9.17, 15) is 4.79 Å². The first-order valence-corrected chi connectivity index (χ1v) is 8.29. The van der Waals surface area contributed by atoms with Gasteiger partial charge in [-0.15, -0.1) is 0 Å². The van der Waals surface area contributed by atoms with Gasteiger partial charge in [-0.1, -0.05) is 0 Å². The number of pyridine rings is 1. The van der Waals surface area contributed by atoms with Crippen LogP contribution in [0.25, 0.3) is 0 Å². The molecule has 3 aromatic rings. The maximum absolute atomic E-state index is 12.3. The lowest BCUT2D eigenvalue weighted by atomic mass is 10.2. The molecule has 0 fully saturated rings. The van der Waals surface area contributed by atoms with E-state index in [4.69, 9.17) is 14.2 Å². The Morgan fingerprint density at radius 3 is 2.44 bits per heavy atom. The Kier molecular flexibility index (Phi) is 4.49. The standard InChI is InChI=1S/C20H17N3O4/c1-25-16-6-2-13(3-7-16)23-20(24)17-8-4-15(11-21-17)22-14-5-9-18-19(10-14)27-12-26-18/h2-11,22H,12H2,1H3,(H,23,24). The van der Waals surface area contributed by atoms with Crippen LogP contribution < -0.4 is 24.8 Å². The summed E-state index contributed by atoms with van der Waals surface area (Å²) >= 11 is 0. The van der Waals surface area contributed by atoms with Gasteiger partial charge < -0.3 is 24.8 Å². The number of aromatic nitrogens is 1. The molecule has 7 nitrogen and oxygen atoms in total. The molecule has 1 aliphatic heterocycles. The van der Waals surface area contributed by atoms with E-state index in [1.54, 1.807) is 49.7 Å². The highest BCUT2D eigenvalue weighted by Crippen LogP contribution is 2.35. The van der Waals surface area contributed by atoms with Gasteiger partial charge in [0.1, 0.15) is 11.4 Å². The third kappa shape index (κ3) is 3.77. The first-order chi connectivity index (χ1) is 13.2. The van der Waals surface area contributed by atoms with Gasteiger partial charge in [0.15, 0.2) is 11.5 Å². The number of fused-ring (bicyclic) bond motifs is 1. The first-order valence-electron chi connectivity index (χ1n) is 8.29. The summed E-state index contributed by atoms with van der Waals surface area (Å²) in [6, 6.07) is 16.1. The van der Waals surface area contributed by atoms with Crippen molar-refractivity contribution in [3.63, 3.8) is 0 Å². The quantitative estimate of drug-likeness (QED) is 0.717. The van der Waals surface area contributed by atoms with Crippen LogP contribution in [0.5, 0.6) is 17.2 Å². The van der Waals surface area contributed by atoms with Crippen molar-refractivity contribution >= 4 is 23.0 Å². The van der Waals surface area contributed by atoms with Gasteiger partial charge >= 0.3 is 0 Å². The molecular formula is C20H17N3O4. The predicted molar refractivity (Wildman–Crippen MR) is 101 cm³/mol. The molecule has 27 heavy (non-hydrogen) atoms. The van der Waals surface area contributed by atoms with Crippen LogP contribution >= 0.6 is 0 Å². The maximum atomic E-state index is 12.3. The van der Waals surface area contributed by atoms with Crippen molar-refractivity contribution in [2.75, 3.05) is 24.5 Å². The van der Waals surface area contributed by atoms with Crippen LogP contribution in [0.3, 0.4) is 0 Å². The minimum Gasteiger partial charge on any atom is -0.497 e. The normalized spacial score (nSPS) is 11.7. The average Bonchev–Trinajstić information content (AvgIpc) is 3.17. The van der Waals surface area contributed by atoms with Gasteiger partial charge in [-0.3, -0.25) is 4.79 Å². The van der Waals surface area contributed by atoms with Crippen molar-refractivity contribution in [2.24, 2.45) is 0 Å². The van der Waals surface area contributed by atoms with Gasteiger partial charge in [-0.2, -0.15) is 0 Å². The molecular weight excluding hydrogens is 346 g/mol. The SMILES string of the molecule is COc1ccc(NC(=O)c2ccc(Nc3ccc4c(c3)OCO4)cn2)cc1. The molecule has 1 aromatic heterocycles. The highest BCUT2D eigenvalue weighted by atomic mass is 16.7. The number of benzene rings is 2. The highest BCUT2D eigenvalue weighted by Gasteiger charge is 2.13. The number of rotatable bonds is 5. The third-order valence-electron chi connectivity index (χ3n) is 4.01. The molecule has 0 spiro atoms. The van der Waals surface area contributed by atoms with Crippen LogP contribution in [-0.2, 0) is 0 Å². The lowest BCUT2D eigenvalue weighted by molar-refractivity contribution is 0.102. The molecule has 0 radical (unpaired) electrons. The minimum atomic E-state index is -0.283. The summed E-state index contributed by atoms with van der Waals surface area (Å²) < 4.78 is 15.8. The molecule has 1 amide bonds. The molecule has 0 bridgehead atoms. The van der Waals surface area contributed by atoms with Crippen molar-refractivity contribution < 1.29 is 19.0 Å². The minimum absolute atomic E-state index is 0.234. The third-order valence-corrected chi connectivity index (χ3v) is 4.01. The van der Waals surface area contributed by atoms with Gasteiger partial charge in [0.25, 0.3) is 5.91 Å². The van der Waals surface area contributed by atoms with Gasteiger partial charge in [0.2, 0.25) is 6.79 Å². The van der Waals surface area contributed by atoms with E-state index < -0.39 is 0 Å². The summed E-state index contributed by atoms with van der Waals surface area (Å²) in [6.07, 6.45) is 1.60. The lowest BCUT2D eigenvalue weighted by Gasteiger charge is -2.09. The molecule has 2 heterocycles. The van der Waals surface area contributed by atoms with Crippen LogP contribution in [-0.4, -0.2) is 24.8 Å². The van der Waals surface area contributed by atoms with Gasteiger partial charge in [0, 0.05) is 17.4 Å². The summed E-state index contributed by atoms with van der Waals surface area (Å²) in [5.74, 6) is 1.87. The number of carbonyl (C=O) groups is 1. The summed E-state index contributed by atoms with van der Waals surface area (Å²) in [6.45, 7) is 0.234. The number of carbonyl (C=O) groups excluding carboxylic acids is 1. The second kappa shape index (κ2) is 7.25. The monoisotopic (exact) mass is 363 g/mol. The zero-order valence-electron chi connectivity index (χ0n) is 14.6. The Labute approximate surface area is 155 Å². The fourth-order valence-corrected chi connectivity index (χ4v) is 2.61. The molecule has 7 heteroatoms. The number of methoxy groups -OCH3 is 1. The molecule has 0 aliphatic carbocycles. The Balaban J connectivity index is 1.41. The average molecular weight is 363 g/mol. The molecule has 0 unspecified atom stereocenters. The van der Waals surface area contributed by atoms with E-state index in [0.717, 1.165) is 22.9 Å². The number of nitrogens with zero attached hydrogens (tertiary/aromatic N) is 1. The van der Waals surface area contributed by atoms with Crippen molar-refractivity contribution in [3.8, 4) is 17.2 Å². The fourth-order valence-electron chi connectivity index (χ4n) is 2.61. The van der Waals surface area contributed by atoms with Gasteiger partial charge in [-0.05, 0) is 48.5 Å². The lowest BCUT2D eigenvalue weighted by Crippen LogP contribution is -2.13. The molecule has 2 aromatic carbocycles. The largest absolute Gasteiger partial charge is 0.497 e. The molecule has 0 atom stereocenters. The zero-order chi connectivity index (χ0) is 18.6. The number of hydrogen-bond acceptors (Lipinski definition) is 6. The summed E-state index contributed by atoms with van der Waals surface area (Å²) in [5, 5.41) is 6.02. The van der Waals surface area contributed by atoms with E-state index in [2.05, 4.69) is 15.6 Å². The Morgan fingerprint density at radius 1 is 0.963 bits per heavy atom. The molecule has 0 saturated heterocycles. The number of ether oxygens (including phenoxy) is 3. The highest BCUT2D eigenvalue weighted by molar-refractivity contribution is 6.03. The smallest absolute Gasteiger partial charge is 0.274 e. The first kappa shape index (κ1) is 16.7. The van der Waals surface area contributed by atoms with Crippen LogP contribution in [0.15, 0.2) is 60.8 Å². The number of anilines is 3. The molecule has 0 saturated carbocycles. The molecule has 2 N–H and O–H groups in total. The molecule has 4 rings (SSSR count). The Hall–Kier alpha value is -3.74. The second-order valence-corrected chi connectivity index (χ2v) is 5.81. The summed E-state index contributed by atoms with van der Waals surface area (Å²) in [4.78, 5) is 16.5. The van der Waals surface area contributed by atoms with Gasteiger partial charge in [0.05, 0.1) is 19.0 Å². The van der Waals surface area contributed by atoms with Crippen LogP contribution in [0.1, 0.15) is 10.5 Å². The van der Waals surface area contributed by atoms with Crippen LogP contribution in [0.2, 0.25) is 0 Å². The fraction of sp³-hybridized carbons (Fsp3) is 0.100. The van der Waals surface area contributed by atoms with Crippen molar-refractivity contribution in [1.82, 2.24) is 4.98 Å². The van der Waals surface area contributed by atoms with E-state index in [1.165, 1.54) is 0 Å². The Morgan fingerprint density at radius 2 is 1.70 bits per heavy atom. The number of nitrogens with one attached hydrogen (secondary N) is 2. The zero-order valence-corrected chi connectivity index (χ0v) is 14.6. The van der Waals surface area contributed by atoms with Gasteiger partial charge in [-0.25, -0.2) is 4.98 Å². The Bertz CT molecular complexity index is 956. The number of amides is 1. The van der Waals surface area contributed by atoms with Crippen LogP contribution in [0, 0.1) is 0 Å². The molecule has 1 aliphatic rings. The maximum Gasteiger partial charge on any atom is 0.274 e. The topological polar surface area (TPSA) is 81.7 Å². The van der Waals surface area contributed by atoms with E-state index in [0.29, 0.717) is 17.1 Å². The van der Waals surface area contributed by atoms with Crippen LogP contribution in [0.4, 0.5) is 17.1 Å². The predicted octanol–water partition coefficient (Wildman–Crippen LogP) is 3.81. The van der Waals surface area contributed by atoms with E-state index in [-0.39, 0.29) is 12.7 Å². The summed E-state index contributed by atoms with van der Waals surface area (Å²) in [5.41, 5.74) is 2.60. The summed E-state index contributed by atoms with van der Waals surface area (Å²) in [7, 11) is 1.59. The number of hydrogen-bond donors (Lipinski definition) is 2. The van der Waals surface area contributed by atoms with Crippen molar-refractivity contribution in [3.05, 3.63) is 66.5 Å². The molecule has 136 valence electrons. The van der Waals surface area contributed by atoms with E-state index >= 15 is 0 Å². The van der Waals surface area contributed by atoms with Crippen molar-refractivity contribution in [2.45, 2.75) is 0 Å².